The maximum Gasteiger partial charge on any atom is 0.278 e. The zero-order valence-corrected chi connectivity index (χ0v) is 12.7. The molecule has 5 nitrogen and oxygen atoms in total. The van der Waals surface area contributed by atoms with Crippen LogP contribution < -0.4 is 4.74 Å². The molecule has 0 aliphatic heterocycles. The van der Waals surface area contributed by atoms with Crippen molar-refractivity contribution in [2.75, 3.05) is 6.54 Å². The van der Waals surface area contributed by atoms with Crippen molar-refractivity contribution in [3.63, 3.8) is 0 Å². The maximum atomic E-state index is 11.4. The highest BCUT2D eigenvalue weighted by molar-refractivity contribution is 7.96. The molecule has 0 atom stereocenters. The van der Waals surface area contributed by atoms with Crippen molar-refractivity contribution in [1.82, 2.24) is 9.88 Å². The van der Waals surface area contributed by atoms with Crippen LogP contribution in [-0.4, -0.2) is 21.7 Å². The number of ether oxygens (including phenoxy) is 1. The number of benzene rings is 1. The van der Waals surface area contributed by atoms with Crippen molar-refractivity contribution in [3.8, 4) is 17.7 Å². The van der Waals surface area contributed by atoms with Crippen LogP contribution in [-0.2, 0) is 6.54 Å². The van der Waals surface area contributed by atoms with E-state index in [1.807, 2.05) is 42.5 Å². The summed E-state index contributed by atoms with van der Waals surface area (Å²) in [5, 5.41) is 8.24. The van der Waals surface area contributed by atoms with Gasteiger partial charge in [0, 0.05) is 25.4 Å². The zero-order valence-electron chi connectivity index (χ0n) is 11.8. The minimum Gasteiger partial charge on any atom is -0.439 e. The Morgan fingerprint density at radius 2 is 2.05 bits per heavy atom. The summed E-state index contributed by atoms with van der Waals surface area (Å²) in [6.07, 6.45) is 1.92. The van der Waals surface area contributed by atoms with E-state index in [9.17, 15) is 4.79 Å². The number of hydrogen-bond acceptors (Lipinski definition) is 4. The van der Waals surface area contributed by atoms with Gasteiger partial charge in [0.1, 0.15) is 5.75 Å². The normalized spacial score (nSPS) is 9.82. The molecule has 0 spiro atoms. The van der Waals surface area contributed by atoms with E-state index in [4.69, 9.17) is 10.00 Å². The number of hydrogen-bond donors (Lipinski definition) is 1. The molecule has 2 rings (SSSR count). The molecular formula is C16H15N3O2S. The maximum absolute atomic E-state index is 11.4. The quantitative estimate of drug-likeness (QED) is 0.827. The molecule has 0 N–H and O–H groups in total. The monoisotopic (exact) mass is 313 g/mol. The third-order valence-electron chi connectivity index (χ3n) is 2.90. The Hall–Kier alpha value is -2.52. The highest BCUT2D eigenvalue weighted by Crippen LogP contribution is 2.19. The fourth-order valence-corrected chi connectivity index (χ4v) is 1.99. The number of nitriles is 1. The second-order valence-corrected chi connectivity index (χ2v) is 4.91. The van der Waals surface area contributed by atoms with E-state index in [0.29, 0.717) is 24.7 Å². The van der Waals surface area contributed by atoms with Crippen LogP contribution in [0.15, 0.2) is 48.7 Å². The molecule has 0 unspecified atom stereocenters. The van der Waals surface area contributed by atoms with E-state index in [2.05, 4.69) is 17.6 Å². The number of amides is 1. The Kier molecular flexibility index (Phi) is 5.81. The summed E-state index contributed by atoms with van der Waals surface area (Å²) in [5.41, 5.74) is 0.848. The van der Waals surface area contributed by atoms with Gasteiger partial charge in [0.2, 0.25) is 5.88 Å². The van der Waals surface area contributed by atoms with Gasteiger partial charge in [-0.1, -0.05) is 36.9 Å². The van der Waals surface area contributed by atoms with Gasteiger partial charge in [-0.25, -0.2) is 4.98 Å². The van der Waals surface area contributed by atoms with Crippen molar-refractivity contribution in [3.05, 3.63) is 54.2 Å². The molecule has 2 aromatic rings. The van der Waals surface area contributed by atoms with Gasteiger partial charge in [0.25, 0.3) is 5.24 Å². The second-order valence-electron chi connectivity index (χ2n) is 4.53. The molecule has 1 heterocycles. The minimum atomic E-state index is -0.361. The first-order valence-electron chi connectivity index (χ1n) is 6.71. The molecular weight excluding hydrogens is 298 g/mol. The first-order valence-corrected chi connectivity index (χ1v) is 7.16. The number of para-hydroxylation sites is 1. The van der Waals surface area contributed by atoms with Crippen molar-refractivity contribution in [1.29, 1.82) is 5.26 Å². The van der Waals surface area contributed by atoms with Crippen LogP contribution in [0.2, 0.25) is 0 Å². The largest absolute Gasteiger partial charge is 0.439 e. The van der Waals surface area contributed by atoms with Crippen LogP contribution in [0.4, 0.5) is 4.79 Å². The second kappa shape index (κ2) is 8.05. The van der Waals surface area contributed by atoms with Gasteiger partial charge in [0.15, 0.2) is 0 Å². The first kappa shape index (κ1) is 15.9. The molecule has 1 aromatic carbocycles. The van der Waals surface area contributed by atoms with Gasteiger partial charge in [-0.2, -0.15) is 5.26 Å². The van der Waals surface area contributed by atoms with Gasteiger partial charge < -0.3 is 9.64 Å². The van der Waals surface area contributed by atoms with Gasteiger partial charge >= 0.3 is 0 Å². The molecule has 0 radical (unpaired) electrons. The van der Waals surface area contributed by atoms with Crippen LogP contribution in [0.1, 0.15) is 12.0 Å². The van der Waals surface area contributed by atoms with Crippen LogP contribution in [0.5, 0.6) is 11.6 Å². The van der Waals surface area contributed by atoms with E-state index in [1.54, 1.807) is 12.3 Å². The Bertz CT molecular complexity index is 653. The van der Waals surface area contributed by atoms with E-state index < -0.39 is 0 Å². The predicted molar refractivity (Wildman–Crippen MR) is 85.8 cm³/mol. The fourth-order valence-electron chi connectivity index (χ4n) is 1.82. The Balaban J connectivity index is 1.99. The number of rotatable bonds is 6. The molecule has 0 fully saturated rings. The lowest BCUT2D eigenvalue weighted by molar-refractivity contribution is 0.222. The van der Waals surface area contributed by atoms with Crippen LogP contribution in [0.25, 0.3) is 0 Å². The smallest absolute Gasteiger partial charge is 0.278 e. The van der Waals surface area contributed by atoms with E-state index in [-0.39, 0.29) is 11.7 Å². The summed E-state index contributed by atoms with van der Waals surface area (Å²) in [4.78, 5) is 17.1. The molecule has 1 aromatic heterocycles. The van der Waals surface area contributed by atoms with Crippen molar-refractivity contribution >= 4 is 17.9 Å². The summed E-state index contributed by atoms with van der Waals surface area (Å²) < 4.78 is 5.60. The molecule has 22 heavy (non-hydrogen) atoms. The van der Waals surface area contributed by atoms with Crippen molar-refractivity contribution < 1.29 is 9.53 Å². The average molecular weight is 313 g/mol. The van der Waals surface area contributed by atoms with Gasteiger partial charge in [-0.15, -0.1) is 0 Å². The Labute approximate surface area is 134 Å². The van der Waals surface area contributed by atoms with Gasteiger partial charge in [-0.05, 0) is 17.7 Å². The predicted octanol–water partition coefficient (Wildman–Crippen LogP) is 3.64. The van der Waals surface area contributed by atoms with Gasteiger partial charge in [0.05, 0.1) is 12.5 Å². The molecule has 0 saturated heterocycles. The summed E-state index contributed by atoms with van der Waals surface area (Å²) in [6, 6.07) is 15.0. The summed E-state index contributed by atoms with van der Waals surface area (Å²) in [7, 11) is 0. The zero-order chi connectivity index (χ0) is 15.8. The number of aromatic nitrogens is 1. The summed E-state index contributed by atoms with van der Waals surface area (Å²) in [5.74, 6) is 1.19. The van der Waals surface area contributed by atoms with Crippen molar-refractivity contribution in [2.24, 2.45) is 0 Å². The number of nitrogens with zero attached hydrogens (tertiary/aromatic N) is 3. The third-order valence-corrected chi connectivity index (χ3v) is 3.18. The third kappa shape index (κ3) is 4.79. The Morgan fingerprint density at radius 1 is 1.27 bits per heavy atom. The van der Waals surface area contributed by atoms with Crippen LogP contribution in [0, 0.1) is 11.3 Å². The van der Waals surface area contributed by atoms with E-state index in [0.717, 1.165) is 5.56 Å². The molecule has 6 heteroatoms. The lowest BCUT2D eigenvalue weighted by atomic mass is 10.2. The number of carbonyl (C=O) groups is 1. The molecule has 1 amide bonds. The molecule has 0 aliphatic rings. The number of carbonyl (C=O) groups excluding carboxylic acids is 1. The Morgan fingerprint density at radius 3 is 2.64 bits per heavy atom. The highest BCUT2D eigenvalue weighted by Gasteiger charge is 2.10. The van der Waals surface area contributed by atoms with Crippen LogP contribution in [0.3, 0.4) is 0 Å². The van der Waals surface area contributed by atoms with Gasteiger partial charge in [-0.3, -0.25) is 4.79 Å². The van der Waals surface area contributed by atoms with E-state index in [1.165, 1.54) is 4.90 Å². The first-order chi connectivity index (χ1) is 10.7. The summed E-state index contributed by atoms with van der Waals surface area (Å²) in [6.45, 7) is 0.712. The lowest BCUT2D eigenvalue weighted by Crippen LogP contribution is -2.26. The molecule has 0 saturated carbocycles. The molecule has 0 aliphatic carbocycles. The number of pyridine rings is 1. The van der Waals surface area contributed by atoms with E-state index >= 15 is 0 Å². The molecule has 0 bridgehead atoms. The highest BCUT2D eigenvalue weighted by atomic mass is 32.1. The topological polar surface area (TPSA) is 66.2 Å². The standard InChI is InChI=1S/C16H15N3O2S/c17-9-4-10-19(16(20)22)12-13-7-8-15(18-11-13)21-14-5-2-1-3-6-14/h1-3,5-8,11H,4,10,12H2,(H,20,22). The minimum absolute atomic E-state index is 0.273. The lowest BCUT2D eigenvalue weighted by Gasteiger charge is -2.18. The fraction of sp³-hybridized carbons (Fsp3) is 0.188. The van der Waals surface area contributed by atoms with Crippen LogP contribution >= 0.6 is 12.6 Å². The SMILES string of the molecule is N#CCCN(Cc1ccc(Oc2ccccc2)nc1)C(=O)S. The molecule has 112 valence electrons. The van der Waals surface area contributed by atoms with Crippen molar-refractivity contribution in [2.45, 2.75) is 13.0 Å². The number of thiol groups is 1. The summed E-state index contributed by atoms with van der Waals surface area (Å²) >= 11 is 3.82. The average Bonchev–Trinajstić information content (AvgIpc) is 2.54.